The largest absolute Gasteiger partial charge is 0.360 e. The maximum atomic E-state index is 13.4. The maximum Gasteiger partial charge on any atom is 0.306 e. The fourth-order valence-corrected chi connectivity index (χ4v) is 3.25. The fraction of sp³-hybridized carbons (Fsp3) is 0. The summed E-state index contributed by atoms with van der Waals surface area (Å²) < 4.78 is 14.3. The summed E-state index contributed by atoms with van der Waals surface area (Å²) in [6.45, 7) is 0. The molecule has 0 radical (unpaired) electrons. The van der Waals surface area contributed by atoms with Crippen molar-refractivity contribution >= 4 is 44.2 Å². The van der Waals surface area contributed by atoms with Gasteiger partial charge in [-0.15, -0.1) is 11.3 Å². The number of hydrogen-bond acceptors (Lipinski definition) is 6. The van der Waals surface area contributed by atoms with Crippen LogP contribution in [0, 0.1) is 27.3 Å². The first-order valence-electron chi connectivity index (χ1n) is 7.50. The van der Waals surface area contributed by atoms with Crippen LogP contribution in [0.25, 0.3) is 16.8 Å². The van der Waals surface area contributed by atoms with E-state index in [4.69, 9.17) is 0 Å². The molecule has 2 aromatic carbocycles. The Bertz CT molecular complexity index is 1070. The average Bonchev–Trinajstić information content (AvgIpc) is 3.14. The van der Waals surface area contributed by atoms with E-state index in [-0.39, 0.29) is 5.57 Å². The smallest absolute Gasteiger partial charge is 0.306 e. The Morgan fingerprint density at radius 2 is 2.07 bits per heavy atom. The summed E-state index contributed by atoms with van der Waals surface area (Å²) in [5, 5.41) is 25.3. The van der Waals surface area contributed by atoms with Gasteiger partial charge in [-0.3, -0.25) is 10.1 Å². The first-order chi connectivity index (χ1) is 13.0. The number of rotatable bonds is 5. The number of thiazole rings is 1. The Morgan fingerprint density at radius 1 is 1.33 bits per heavy atom. The lowest BCUT2D eigenvalue weighted by molar-refractivity contribution is -0.387. The van der Waals surface area contributed by atoms with Crippen molar-refractivity contribution in [3.8, 4) is 17.3 Å². The molecule has 1 heterocycles. The number of aromatic nitrogens is 1. The van der Waals surface area contributed by atoms with E-state index in [9.17, 15) is 19.8 Å². The summed E-state index contributed by atoms with van der Waals surface area (Å²) >= 11 is 4.68. The minimum Gasteiger partial charge on any atom is -0.360 e. The molecule has 134 valence electrons. The van der Waals surface area contributed by atoms with Gasteiger partial charge in [-0.25, -0.2) is 4.98 Å². The topological polar surface area (TPSA) is 91.8 Å². The zero-order valence-electron chi connectivity index (χ0n) is 13.5. The van der Waals surface area contributed by atoms with Crippen LogP contribution < -0.4 is 5.32 Å². The SMILES string of the molecule is N#C/C(=C/Nc1ccc(F)c([N+](=O)[O-])c1)c1nc(-c2ccc(Br)cc2)cs1. The van der Waals surface area contributed by atoms with Gasteiger partial charge in [0.15, 0.2) is 0 Å². The second-order valence-corrected chi connectivity index (χ2v) is 7.06. The Labute approximate surface area is 165 Å². The average molecular weight is 445 g/mol. The van der Waals surface area contributed by atoms with Crippen molar-refractivity contribution in [3.05, 3.63) is 79.5 Å². The molecule has 1 aromatic heterocycles. The number of anilines is 1. The van der Waals surface area contributed by atoms with Crippen molar-refractivity contribution in [2.75, 3.05) is 5.32 Å². The Balaban J connectivity index is 1.83. The molecule has 0 aliphatic rings. The number of benzene rings is 2. The molecule has 0 unspecified atom stereocenters. The normalized spacial score (nSPS) is 11.1. The van der Waals surface area contributed by atoms with Crippen molar-refractivity contribution in [2.45, 2.75) is 0 Å². The van der Waals surface area contributed by atoms with E-state index >= 15 is 0 Å². The molecular weight excluding hydrogens is 435 g/mol. The molecule has 0 atom stereocenters. The summed E-state index contributed by atoms with van der Waals surface area (Å²) in [6.07, 6.45) is 1.39. The van der Waals surface area contributed by atoms with Gasteiger partial charge < -0.3 is 5.32 Å². The molecular formula is C18H10BrFN4O2S. The van der Waals surface area contributed by atoms with Crippen molar-refractivity contribution in [3.63, 3.8) is 0 Å². The van der Waals surface area contributed by atoms with E-state index in [1.807, 2.05) is 35.7 Å². The molecule has 0 fully saturated rings. The number of halogens is 2. The van der Waals surface area contributed by atoms with Gasteiger partial charge in [0, 0.05) is 33.4 Å². The predicted octanol–water partition coefficient (Wildman–Crippen LogP) is 5.60. The third-order valence-electron chi connectivity index (χ3n) is 3.52. The second-order valence-electron chi connectivity index (χ2n) is 5.28. The summed E-state index contributed by atoms with van der Waals surface area (Å²) in [7, 11) is 0. The van der Waals surface area contributed by atoms with Crippen LogP contribution >= 0.6 is 27.3 Å². The number of nitrogens with zero attached hydrogens (tertiary/aromatic N) is 3. The van der Waals surface area contributed by atoms with Crippen LogP contribution in [0.15, 0.2) is 58.5 Å². The molecule has 0 aliphatic heterocycles. The van der Waals surface area contributed by atoms with Gasteiger partial charge in [-0.05, 0) is 24.3 Å². The van der Waals surface area contributed by atoms with Gasteiger partial charge in [-0.1, -0.05) is 28.1 Å². The van der Waals surface area contributed by atoms with E-state index in [1.165, 1.54) is 23.6 Å². The first-order valence-corrected chi connectivity index (χ1v) is 9.18. The van der Waals surface area contributed by atoms with Crippen LogP contribution in [-0.4, -0.2) is 9.91 Å². The molecule has 0 aliphatic carbocycles. The van der Waals surface area contributed by atoms with E-state index in [0.717, 1.165) is 27.9 Å². The Kier molecular flexibility index (Phi) is 5.59. The van der Waals surface area contributed by atoms with Gasteiger partial charge in [0.1, 0.15) is 16.6 Å². The molecule has 9 heteroatoms. The molecule has 0 saturated carbocycles. The van der Waals surface area contributed by atoms with Crippen LogP contribution in [0.1, 0.15) is 5.01 Å². The minimum absolute atomic E-state index is 0.260. The highest BCUT2D eigenvalue weighted by molar-refractivity contribution is 9.10. The minimum atomic E-state index is -0.922. The number of nitrogens with one attached hydrogen (secondary N) is 1. The monoisotopic (exact) mass is 444 g/mol. The zero-order valence-corrected chi connectivity index (χ0v) is 15.9. The maximum absolute atomic E-state index is 13.4. The molecule has 1 N–H and O–H groups in total. The highest BCUT2D eigenvalue weighted by Crippen LogP contribution is 2.27. The van der Waals surface area contributed by atoms with E-state index in [1.54, 1.807) is 0 Å². The zero-order chi connectivity index (χ0) is 19.4. The fourth-order valence-electron chi connectivity index (χ4n) is 2.19. The lowest BCUT2D eigenvalue weighted by atomic mass is 10.2. The van der Waals surface area contributed by atoms with E-state index in [0.29, 0.717) is 10.7 Å². The number of nitro benzene ring substituents is 1. The molecule has 0 saturated heterocycles. The van der Waals surface area contributed by atoms with Crippen molar-refractivity contribution in [1.29, 1.82) is 5.26 Å². The van der Waals surface area contributed by atoms with Crippen molar-refractivity contribution < 1.29 is 9.31 Å². The van der Waals surface area contributed by atoms with Crippen LogP contribution in [-0.2, 0) is 0 Å². The number of hydrogen-bond donors (Lipinski definition) is 1. The number of nitriles is 1. The Morgan fingerprint density at radius 3 is 2.74 bits per heavy atom. The molecule has 0 spiro atoms. The number of allylic oxidation sites excluding steroid dienone is 1. The van der Waals surface area contributed by atoms with E-state index in [2.05, 4.69) is 26.2 Å². The highest BCUT2D eigenvalue weighted by atomic mass is 79.9. The van der Waals surface area contributed by atoms with E-state index < -0.39 is 16.4 Å². The number of nitro groups is 1. The molecule has 27 heavy (non-hydrogen) atoms. The quantitative estimate of drug-likeness (QED) is 0.314. The lowest BCUT2D eigenvalue weighted by Gasteiger charge is -2.02. The molecule has 0 amide bonds. The van der Waals surface area contributed by atoms with Gasteiger partial charge in [0.25, 0.3) is 0 Å². The molecule has 3 aromatic rings. The summed E-state index contributed by atoms with van der Waals surface area (Å²) in [5.41, 5.74) is 1.57. The second kappa shape index (κ2) is 8.07. The molecule has 3 rings (SSSR count). The van der Waals surface area contributed by atoms with Crippen LogP contribution in [0.2, 0.25) is 0 Å². The standard InChI is InChI=1S/C18H10BrFN4O2S/c19-13-3-1-11(2-4-13)16-10-27-18(23-16)12(8-21)9-22-14-5-6-15(20)17(7-14)24(25)26/h1-7,9-10,22H/b12-9-. The Hall–Kier alpha value is -3.09. The van der Waals surface area contributed by atoms with Crippen LogP contribution in [0.4, 0.5) is 15.8 Å². The summed E-state index contributed by atoms with van der Waals surface area (Å²) in [4.78, 5) is 14.5. The summed E-state index contributed by atoms with van der Waals surface area (Å²) in [6, 6.07) is 13.1. The van der Waals surface area contributed by atoms with Gasteiger partial charge in [0.2, 0.25) is 5.82 Å². The summed E-state index contributed by atoms with van der Waals surface area (Å²) in [5.74, 6) is -0.922. The van der Waals surface area contributed by atoms with Gasteiger partial charge in [0.05, 0.1) is 10.6 Å². The van der Waals surface area contributed by atoms with Gasteiger partial charge in [-0.2, -0.15) is 9.65 Å². The predicted molar refractivity (Wildman–Crippen MR) is 106 cm³/mol. The van der Waals surface area contributed by atoms with Gasteiger partial charge >= 0.3 is 5.69 Å². The third-order valence-corrected chi connectivity index (χ3v) is 4.93. The lowest BCUT2D eigenvalue weighted by Crippen LogP contribution is -1.96. The van der Waals surface area contributed by atoms with Crippen LogP contribution in [0.3, 0.4) is 0 Å². The highest BCUT2D eigenvalue weighted by Gasteiger charge is 2.14. The van der Waals surface area contributed by atoms with Crippen molar-refractivity contribution in [2.24, 2.45) is 0 Å². The third kappa shape index (κ3) is 4.36. The first kappa shape index (κ1) is 18.7. The van der Waals surface area contributed by atoms with Crippen molar-refractivity contribution in [1.82, 2.24) is 4.98 Å². The molecule has 6 nitrogen and oxygen atoms in total. The molecule has 0 bridgehead atoms. The van der Waals surface area contributed by atoms with Crippen LogP contribution in [0.5, 0.6) is 0 Å².